The summed E-state index contributed by atoms with van der Waals surface area (Å²) in [4.78, 5) is 21.6. The Bertz CT molecular complexity index is 732. The molecule has 124 valence electrons. The van der Waals surface area contributed by atoms with Crippen molar-refractivity contribution in [3.8, 4) is 0 Å². The Balaban J connectivity index is 1.46. The van der Waals surface area contributed by atoms with Crippen molar-refractivity contribution >= 4 is 11.7 Å². The summed E-state index contributed by atoms with van der Waals surface area (Å²) in [7, 11) is 0. The van der Waals surface area contributed by atoms with Crippen molar-refractivity contribution in [2.24, 2.45) is 0 Å². The molecule has 2 aliphatic rings. The molecule has 1 aromatic heterocycles. The average Bonchev–Trinajstić information content (AvgIpc) is 3.47. The van der Waals surface area contributed by atoms with Gasteiger partial charge < -0.3 is 9.80 Å². The number of nitrogens with zero attached hydrogens (tertiary/aromatic N) is 3. The highest BCUT2D eigenvalue weighted by molar-refractivity contribution is 5.94. The molecule has 1 aromatic carbocycles. The highest BCUT2D eigenvalue weighted by Crippen LogP contribution is 2.44. The van der Waals surface area contributed by atoms with Crippen molar-refractivity contribution in [3.63, 3.8) is 0 Å². The van der Waals surface area contributed by atoms with Gasteiger partial charge in [-0.05, 0) is 48.9 Å². The van der Waals surface area contributed by atoms with Crippen molar-refractivity contribution in [2.75, 3.05) is 31.1 Å². The summed E-state index contributed by atoms with van der Waals surface area (Å²) in [6.45, 7) is 5.34. The second-order valence-corrected chi connectivity index (χ2v) is 6.85. The number of piperazine rings is 1. The summed E-state index contributed by atoms with van der Waals surface area (Å²) >= 11 is 0. The molecule has 0 spiro atoms. The second-order valence-electron chi connectivity index (χ2n) is 6.85. The van der Waals surface area contributed by atoms with Crippen LogP contribution in [0.4, 0.5) is 5.82 Å². The molecule has 0 bridgehead atoms. The van der Waals surface area contributed by atoms with Crippen molar-refractivity contribution < 1.29 is 4.79 Å². The zero-order valence-corrected chi connectivity index (χ0v) is 14.1. The Morgan fingerprint density at radius 1 is 1.08 bits per heavy atom. The molecule has 1 amide bonds. The number of aryl methyl sites for hydroxylation is 1. The lowest BCUT2D eigenvalue weighted by Crippen LogP contribution is -2.49. The number of benzene rings is 1. The van der Waals surface area contributed by atoms with Gasteiger partial charge >= 0.3 is 0 Å². The molecule has 1 aliphatic heterocycles. The summed E-state index contributed by atoms with van der Waals surface area (Å²) in [5.41, 5.74) is 3.41. The molecule has 0 atom stereocenters. The van der Waals surface area contributed by atoms with Crippen LogP contribution in [0.3, 0.4) is 0 Å². The van der Waals surface area contributed by atoms with E-state index in [1.807, 2.05) is 41.4 Å². The average molecular weight is 321 g/mol. The number of anilines is 1. The molecule has 4 nitrogen and oxygen atoms in total. The molecule has 1 aliphatic carbocycles. The monoisotopic (exact) mass is 321 g/mol. The van der Waals surface area contributed by atoms with Crippen LogP contribution in [0.1, 0.15) is 40.2 Å². The van der Waals surface area contributed by atoms with E-state index in [0.717, 1.165) is 37.6 Å². The van der Waals surface area contributed by atoms with Gasteiger partial charge in [0.15, 0.2) is 0 Å². The minimum atomic E-state index is 0.134. The smallest absolute Gasteiger partial charge is 0.253 e. The van der Waals surface area contributed by atoms with Gasteiger partial charge in [-0.1, -0.05) is 24.3 Å². The summed E-state index contributed by atoms with van der Waals surface area (Å²) in [6.07, 6.45) is 4.53. The lowest BCUT2D eigenvalue weighted by molar-refractivity contribution is 0.0746. The first-order valence-electron chi connectivity index (χ1n) is 8.78. The zero-order chi connectivity index (χ0) is 16.5. The van der Waals surface area contributed by atoms with Gasteiger partial charge in [-0.15, -0.1) is 0 Å². The Morgan fingerprint density at radius 3 is 2.46 bits per heavy atom. The first-order chi connectivity index (χ1) is 11.7. The minimum Gasteiger partial charge on any atom is -0.353 e. The van der Waals surface area contributed by atoms with Crippen LogP contribution in [-0.2, 0) is 0 Å². The minimum absolute atomic E-state index is 0.134. The van der Waals surface area contributed by atoms with E-state index in [4.69, 9.17) is 4.98 Å². The van der Waals surface area contributed by atoms with Gasteiger partial charge in [0.05, 0.1) is 0 Å². The van der Waals surface area contributed by atoms with Gasteiger partial charge in [0.2, 0.25) is 0 Å². The summed E-state index contributed by atoms with van der Waals surface area (Å²) in [5.74, 6) is 1.96. The van der Waals surface area contributed by atoms with E-state index in [2.05, 4.69) is 17.9 Å². The van der Waals surface area contributed by atoms with Gasteiger partial charge in [0.1, 0.15) is 5.82 Å². The van der Waals surface area contributed by atoms with E-state index in [1.54, 1.807) is 0 Å². The molecular weight excluding hydrogens is 298 g/mol. The number of amides is 1. The van der Waals surface area contributed by atoms with Crippen LogP contribution in [0, 0.1) is 6.92 Å². The van der Waals surface area contributed by atoms with E-state index in [0.29, 0.717) is 5.92 Å². The summed E-state index contributed by atoms with van der Waals surface area (Å²) < 4.78 is 0. The van der Waals surface area contributed by atoms with Crippen molar-refractivity contribution in [2.45, 2.75) is 25.7 Å². The predicted molar refractivity (Wildman–Crippen MR) is 95.5 cm³/mol. The summed E-state index contributed by atoms with van der Waals surface area (Å²) in [6, 6.07) is 11.9. The molecule has 1 saturated carbocycles. The third-order valence-corrected chi connectivity index (χ3v) is 4.94. The van der Waals surface area contributed by atoms with Gasteiger partial charge in [0, 0.05) is 37.9 Å². The van der Waals surface area contributed by atoms with Crippen LogP contribution in [0.2, 0.25) is 0 Å². The molecule has 1 saturated heterocycles. The predicted octanol–water partition coefficient (Wildman–Crippen LogP) is 3.23. The third kappa shape index (κ3) is 3.01. The van der Waals surface area contributed by atoms with Crippen LogP contribution in [-0.4, -0.2) is 42.0 Å². The number of carbonyl (C=O) groups is 1. The maximum Gasteiger partial charge on any atom is 0.253 e. The fraction of sp³-hybridized carbons (Fsp3) is 0.400. The van der Waals surface area contributed by atoms with E-state index in [1.165, 1.54) is 24.0 Å². The number of hydrogen-bond acceptors (Lipinski definition) is 3. The zero-order valence-electron chi connectivity index (χ0n) is 14.1. The standard InChI is InChI=1S/C20H23N3O/c1-15-13-18(16-7-8-16)19(21-14-15)22-9-11-23(12-10-22)20(24)17-5-3-2-4-6-17/h2-6,13-14,16H,7-12H2,1H3. The van der Waals surface area contributed by atoms with E-state index in [9.17, 15) is 4.79 Å². The largest absolute Gasteiger partial charge is 0.353 e. The molecule has 0 unspecified atom stereocenters. The molecule has 2 heterocycles. The van der Waals surface area contributed by atoms with Gasteiger partial charge in [-0.2, -0.15) is 0 Å². The van der Waals surface area contributed by atoms with Gasteiger partial charge in [-0.3, -0.25) is 4.79 Å². The topological polar surface area (TPSA) is 36.4 Å². The van der Waals surface area contributed by atoms with Gasteiger partial charge in [0.25, 0.3) is 5.91 Å². The first kappa shape index (κ1) is 15.2. The maximum absolute atomic E-state index is 12.6. The van der Waals surface area contributed by atoms with Crippen molar-refractivity contribution in [1.29, 1.82) is 0 Å². The Hall–Kier alpha value is -2.36. The fourth-order valence-corrected chi connectivity index (χ4v) is 3.43. The van der Waals surface area contributed by atoms with Crippen molar-refractivity contribution in [1.82, 2.24) is 9.88 Å². The van der Waals surface area contributed by atoms with Crippen LogP contribution in [0.15, 0.2) is 42.6 Å². The highest BCUT2D eigenvalue weighted by Gasteiger charge is 2.30. The molecule has 0 radical (unpaired) electrons. The first-order valence-corrected chi connectivity index (χ1v) is 8.78. The molecule has 4 heteroatoms. The Kier molecular flexibility index (Phi) is 3.97. The second kappa shape index (κ2) is 6.27. The normalized spacial score (nSPS) is 17.9. The molecule has 0 N–H and O–H groups in total. The summed E-state index contributed by atoms with van der Waals surface area (Å²) in [5, 5.41) is 0. The van der Waals surface area contributed by atoms with Crippen LogP contribution in [0.5, 0.6) is 0 Å². The lowest BCUT2D eigenvalue weighted by Gasteiger charge is -2.36. The molecular formula is C20H23N3O. The van der Waals surface area contributed by atoms with Crippen molar-refractivity contribution in [3.05, 3.63) is 59.3 Å². The molecule has 24 heavy (non-hydrogen) atoms. The van der Waals surface area contributed by atoms with E-state index in [-0.39, 0.29) is 5.91 Å². The van der Waals surface area contributed by atoms with Crippen LogP contribution >= 0.6 is 0 Å². The van der Waals surface area contributed by atoms with E-state index >= 15 is 0 Å². The Morgan fingerprint density at radius 2 is 1.79 bits per heavy atom. The molecule has 2 aromatic rings. The lowest BCUT2D eigenvalue weighted by atomic mass is 10.1. The number of carbonyl (C=O) groups excluding carboxylic acids is 1. The number of pyridine rings is 1. The van der Waals surface area contributed by atoms with Crippen LogP contribution < -0.4 is 4.90 Å². The number of hydrogen-bond donors (Lipinski definition) is 0. The highest BCUT2D eigenvalue weighted by atomic mass is 16.2. The SMILES string of the molecule is Cc1cnc(N2CCN(C(=O)c3ccccc3)CC2)c(C2CC2)c1. The Labute approximate surface area is 143 Å². The van der Waals surface area contributed by atoms with Crippen LogP contribution in [0.25, 0.3) is 0 Å². The van der Waals surface area contributed by atoms with Gasteiger partial charge in [-0.25, -0.2) is 4.98 Å². The number of rotatable bonds is 3. The third-order valence-electron chi connectivity index (χ3n) is 4.94. The van der Waals surface area contributed by atoms with E-state index < -0.39 is 0 Å². The quantitative estimate of drug-likeness (QED) is 0.871. The fourth-order valence-electron chi connectivity index (χ4n) is 3.43. The maximum atomic E-state index is 12.6. The molecule has 2 fully saturated rings. The number of aromatic nitrogens is 1. The molecule has 4 rings (SSSR count).